The summed E-state index contributed by atoms with van der Waals surface area (Å²) in [6.45, 7) is 1.58. The molecule has 0 fully saturated rings. The Balaban J connectivity index is 1.66. The van der Waals surface area contributed by atoms with E-state index in [2.05, 4.69) is 15.3 Å². The molecule has 0 spiro atoms. The third-order valence-corrected chi connectivity index (χ3v) is 3.64. The molecule has 2 aromatic carbocycles. The SMILES string of the molecule is COc1cccc(NC(=O)COc2cc(C)nc(-c3ccc(F)cc3)n2)c1. The molecule has 0 saturated carbocycles. The summed E-state index contributed by atoms with van der Waals surface area (Å²) in [7, 11) is 1.56. The fraction of sp³-hybridized carbons (Fsp3) is 0.150. The van der Waals surface area contributed by atoms with Crippen LogP contribution in [0.25, 0.3) is 11.4 Å². The van der Waals surface area contributed by atoms with E-state index in [1.165, 1.54) is 12.1 Å². The molecule has 0 radical (unpaired) electrons. The second-order valence-corrected chi connectivity index (χ2v) is 5.75. The van der Waals surface area contributed by atoms with Crippen LogP contribution in [0.1, 0.15) is 5.69 Å². The summed E-state index contributed by atoms with van der Waals surface area (Å²) in [5, 5.41) is 2.73. The molecule has 3 aromatic rings. The highest BCUT2D eigenvalue weighted by atomic mass is 19.1. The molecule has 138 valence electrons. The van der Waals surface area contributed by atoms with Crippen molar-refractivity contribution in [2.45, 2.75) is 6.92 Å². The predicted molar refractivity (Wildman–Crippen MR) is 99.3 cm³/mol. The van der Waals surface area contributed by atoms with Crippen molar-refractivity contribution in [1.29, 1.82) is 0 Å². The minimum Gasteiger partial charge on any atom is -0.497 e. The molecule has 0 aliphatic carbocycles. The second-order valence-electron chi connectivity index (χ2n) is 5.75. The van der Waals surface area contributed by atoms with Gasteiger partial charge in [-0.15, -0.1) is 0 Å². The maximum atomic E-state index is 13.1. The average Bonchev–Trinajstić information content (AvgIpc) is 2.67. The van der Waals surface area contributed by atoms with Crippen molar-refractivity contribution in [3.8, 4) is 23.0 Å². The van der Waals surface area contributed by atoms with E-state index in [4.69, 9.17) is 9.47 Å². The highest BCUT2D eigenvalue weighted by molar-refractivity contribution is 5.92. The van der Waals surface area contributed by atoms with Crippen LogP contribution >= 0.6 is 0 Å². The topological polar surface area (TPSA) is 73.3 Å². The van der Waals surface area contributed by atoms with E-state index >= 15 is 0 Å². The van der Waals surface area contributed by atoms with E-state index in [1.807, 2.05) is 0 Å². The molecule has 0 aliphatic heterocycles. The molecule has 6 nitrogen and oxygen atoms in total. The molecule has 0 atom stereocenters. The van der Waals surface area contributed by atoms with Crippen molar-refractivity contribution in [2.75, 3.05) is 19.0 Å². The molecule has 7 heteroatoms. The van der Waals surface area contributed by atoms with Gasteiger partial charge in [0.2, 0.25) is 5.88 Å². The van der Waals surface area contributed by atoms with Crippen molar-refractivity contribution in [3.05, 3.63) is 66.1 Å². The predicted octanol–water partition coefficient (Wildman–Crippen LogP) is 3.62. The Labute approximate surface area is 156 Å². The Morgan fingerprint density at radius 1 is 1.11 bits per heavy atom. The fourth-order valence-electron chi connectivity index (χ4n) is 2.38. The van der Waals surface area contributed by atoms with Crippen LogP contribution < -0.4 is 14.8 Å². The van der Waals surface area contributed by atoms with Gasteiger partial charge in [-0.2, -0.15) is 4.98 Å². The molecule has 1 amide bonds. The van der Waals surface area contributed by atoms with Crippen LogP contribution in [0.5, 0.6) is 11.6 Å². The van der Waals surface area contributed by atoms with Crippen LogP contribution in [0, 0.1) is 12.7 Å². The van der Waals surface area contributed by atoms with Gasteiger partial charge in [-0.05, 0) is 43.3 Å². The number of hydrogen-bond acceptors (Lipinski definition) is 5. The first-order valence-corrected chi connectivity index (χ1v) is 8.22. The van der Waals surface area contributed by atoms with Gasteiger partial charge in [0.25, 0.3) is 5.91 Å². The van der Waals surface area contributed by atoms with Gasteiger partial charge in [-0.1, -0.05) is 6.07 Å². The Morgan fingerprint density at radius 3 is 2.63 bits per heavy atom. The van der Waals surface area contributed by atoms with Gasteiger partial charge >= 0.3 is 0 Å². The number of aryl methyl sites for hydroxylation is 1. The molecular weight excluding hydrogens is 349 g/mol. The average molecular weight is 367 g/mol. The Hall–Kier alpha value is -3.48. The summed E-state index contributed by atoms with van der Waals surface area (Å²) in [5.74, 6) is 0.643. The number of nitrogens with zero attached hydrogens (tertiary/aromatic N) is 2. The van der Waals surface area contributed by atoms with Crippen LogP contribution in [0.4, 0.5) is 10.1 Å². The third kappa shape index (κ3) is 5.01. The third-order valence-electron chi connectivity index (χ3n) is 3.64. The number of methoxy groups -OCH3 is 1. The molecule has 0 saturated heterocycles. The quantitative estimate of drug-likeness (QED) is 0.720. The van der Waals surface area contributed by atoms with Gasteiger partial charge in [0, 0.05) is 29.1 Å². The number of halogens is 1. The maximum absolute atomic E-state index is 13.1. The smallest absolute Gasteiger partial charge is 0.262 e. The Bertz CT molecular complexity index is 945. The van der Waals surface area contributed by atoms with Crippen molar-refractivity contribution >= 4 is 11.6 Å². The fourth-order valence-corrected chi connectivity index (χ4v) is 2.38. The maximum Gasteiger partial charge on any atom is 0.262 e. The summed E-state index contributed by atoms with van der Waals surface area (Å²) < 4.78 is 23.7. The lowest BCUT2D eigenvalue weighted by Crippen LogP contribution is -2.20. The first-order valence-electron chi connectivity index (χ1n) is 8.22. The standard InChI is InChI=1S/C20H18FN3O3/c1-13-10-19(24-20(22-13)14-6-8-15(21)9-7-14)27-12-18(25)23-16-4-3-5-17(11-16)26-2/h3-11H,12H2,1-2H3,(H,23,25). The molecule has 1 aromatic heterocycles. The number of rotatable bonds is 6. The molecule has 0 unspecified atom stereocenters. The van der Waals surface area contributed by atoms with E-state index in [0.29, 0.717) is 28.5 Å². The Kier molecular flexibility index (Phi) is 5.61. The van der Waals surface area contributed by atoms with E-state index in [0.717, 1.165) is 0 Å². The van der Waals surface area contributed by atoms with Crippen LogP contribution in [-0.2, 0) is 4.79 Å². The molecular formula is C20H18FN3O3. The zero-order chi connectivity index (χ0) is 19.2. The lowest BCUT2D eigenvalue weighted by Gasteiger charge is -2.09. The number of benzene rings is 2. The summed E-state index contributed by atoms with van der Waals surface area (Å²) in [4.78, 5) is 20.7. The van der Waals surface area contributed by atoms with Gasteiger partial charge in [0.05, 0.1) is 7.11 Å². The van der Waals surface area contributed by atoms with E-state index in [-0.39, 0.29) is 24.2 Å². The largest absolute Gasteiger partial charge is 0.497 e. The van der Waals surface area contributed by atoms with Crippen molar-refractivity contribution in [2.24, 2.45) is 0 Å². The number of carbonyl (C=O) groups excluding carboxylic acids is 1. The molecule has 1 N–H and O–H groups in total. The molecule has 27 heavy (non-hydrogen) atoms. The van der Waals surface area contributed by atoms with Gasteiger partial charge in [0.15, 0.2) is 12.4 Å². The summed E-state index contributed by atoms with van der Waals surface area (Å²) in [6.07, 6.45) is 0. The first-order chi connectivity index (χ1) is 13.0. The van der Waals surface area contributed by atoms with Crippen molar-refractivity contribution in [1.82, 2.24) is 9.97 Å². The van der Waals surface area contributed by atoms with Crippen LogP contribution in [0.2, 0.25) is 0 Å². The number of aromatic nitrogens is 2. The molecule has 0 bridgehead atoms. The summed E-state index contributed by atoms with van der Waals surface area (Å²) in [6, 6.07) is 14.5. The Morgan fingerprint density at radius 2 is 1.89 bits per heavy atom. The lowest BCUT2D eigenvalue weighted by atomic mass is 10.2. The minimum absolute atomic E-state index is 0.212. The van der Waals surface area contributed by atoms with E-state index in [9.17, 15) is 9.18 Å². The number of amides is 1. The number of anilines is 1. The number of ether oxygens (including phenoxy) is 2. The van der Waals surface area contributed by atoms with Crippen LogP contribution in [0.15, 0.2) is 54.6 Å². The summed E-state index contributed by atoms with van der Waals surface area (Å²) in [5.41, 5.74) is 1.94. The monoisotopic (exact) mass is 367 g/mol. The van der Waals surface area contributed by atoms with E-state index in [1.54, 1.807) is 56.5 Å². The lowest BCUT2D eigenvalue weighted by molar-refractivity contribution is -0.118. The summed E-state index contributed by atoms with van der Waals surface area (Å²) >= 11 is 0. The molecule has 1 heterocycles. The minimum atomic E-state index is -0.336. The molecule has 0 aliphatic rings. The number of nitrogens with one attached hydrogen (secondary N) is 1. The molecule has 3 rings (SSSR count). The van der Waals surface area contributed by atoms with Crippen LogP contribution in [-0.4, -0.2) is 29.6 Å². The van der Waals surface area contributed by atoms with Crippen molar-refractivity contribution < 1.29 is 18.7 Å². The van der Waals surface area contributed by atoms with Gasteiger partial charge in [0.1, 0.15) is 11.6 Å². The second kappa shape index (κ2) is 8.27. The highest BCUT2D eigenvalue weighted by Crippen LogP contribution is 2.20. The first kappa shape index (κ1) is 18.3. The normalized spacial score (nSPS) is 10.3. The van der Waals surface area contributed by atoms with Gasteiger partial charge in [-0.3, -0.25) is 4.79 Å². The van der Waals surface area contributed by atoms with E-state index < -0.39 is 0 Å². The number of hydrogen-bond donors (Lipinski definition) is 1. The zero-order valence-corrected chi connectivity index (χ0v) is 14.9. The van der Waals surface area contributed by atoms with Crippen molar-refractivity contribution in [3.63, 3.8) is 0 Å². The van der Waals surface area contributed by atoms with Crippen LogP contribution in [0.3, 0.4) is 0 Å². The number of carbonyl (C=O) groups is 1. The highest BCUT2D eigenvalue weighted by Gasteiger charge is 2.09. The zero-order valence-electron chi connectivity index (χ0n) is 14.9. The van der Waals surface area contributed by atoms with Gasteiger partial charge < -0.3 is 14.8 Å². The van der Waals surface area contributed by atoms with Gasteiger partial charge in [-0.25, -0.2) is 9.37 Å².